The van der Waals surface area contributed by atoms with Crippen molar-refractivity contribution >= 4 is 27.5 Å². The highest BCUT2D eigenvalue weighted by Crippen LogP contribution is 2.30. The summed E-state index contributed by atoms with van der Waals surface area (Å²) in [5.74, 6) is -0.367. The number of fused-ring (bicyclic) bond motifs is 1. The number of nitrogens with one attached hydrogen (secondary N) is 1. The van der Waals surface area contributed by atoms with Gasteiger partial charge in [-0.2, -0.15) is 0 Å². The number of hydrogen-bond donors (Lipinski definition) is 2. The number of amides is 2. The van der Waals surface area contributed by atoms with Gasteiger partial charge < -0.3 is 28.9 Å². The van der Waals surface area contributed by atoms with Gasteiger partial charge in [0.2, 0.25) is 0 Å². The third kappa shape index (κ3) is 8.91. The Bertz CT molecular complexity index is 1610. The smallest absolute Gasteiger partial charge is 0.267 e. The number of aliphatic hydroxyl groups excluding tert-OH is 1. The molecule has 4 rings (SSSR count). The topological polar surface area (TPSA) is 152 Å². The third-order valence-electron chi connectivity index (χ3n) is 8.36. The van der Waals surface area contributed by atoms with Crippen molar-refractivity contribution in [2.45, 2.75) is 77.0 Å². The predicted octanol–water partition coefficient (Wildman–Crippen LogP) is 4.66. The first kappa shape index (κ1) is 35.9. The average Bonchev–Trinajstić information content (AvgIpc) is 3.40. The second kappa shape index (κ2) is 15.8. The summed E-state index contributed by atoms with van der Waals surface area (Å²) in [6.07, 6.45) is 1.63. The van der Waals surface area contributed by atoms with Gasteiger partial charge in [0.1, 0.15) is 11.4 Å². The lowest BCUT2D eigenvalue weighted by atomic mass is 10.0. The molecule has 0 saturated heterocycles. The highest BCUT2D eigenvalue weighted by Gasteiger charge is 2.32. The third-order valence-corrected chi connectivity index (χ3v) is 9.99. The van der Waals surface area contributed by atoms with Crippen LogP contribution in [0.25, 0.3) is 0 Å². The van der Waals surface area contributed by atoms with Gasteiger partial charge in [-0.25, -0.2) is 8.42 Å². The summed E-state index contributed by atoms with van der Waals surface area (Å²) >= 11 is 0. The van der Waals surface area contributed by atoms with Crippen molar-refractivity contribution in [1.29, 1.82) is 0 Å². The molecule has 3 aromatic rings. The fourth-order valence-electron chi connectivity index (χ4n) is 5.67. The zero-order valence-electron chi connectivity index (χ0n) is 27.9. The molecule has 0 aliphatic carbocycles. The van der Waals surface area contributed by atoms with Gasteiger partial charge in [-0.1, -0.05) is 30.3 Å². The summed E-state index contributed by atoms with van der Waals surface area (Å²) in [6.45, 7) is 9.32. The van der Waals surface area contributed by atoms with E-state index in [9.17, 15) is 23.1 Å². The van der Waals surface area contributed by atoms with Crippen LogP contribution >= 0.6 is 0 Å². The molecule has 256 valence electrons. The molecule has 1 aliphatic heterocycles. The molecule has 2 N–H and O–H groups in total. The van der Waals surface area contributed by atoms with Crippen LogP contribution in [0.5, 0.6) is 5.75 Å². The van der Waals surface area contributed by atoms with Gasteiger partial charge >= 0.3 is 0 Å². The number of carbonyl (C=O) groups is 2. The standard InChI is InChI=1S/C34H46N4O8S/c1-22-19-38(23(2)21-39)34(41)29-18-28(36-47(42,43)32-25(4)35-46-26(32)5)15-16-30(29)45-24(3)12-10-11-17-44-31(22)20-37(6)33(40)27-13-8-7-9-14-27/h7-9,13-16,18,22-24,31,36,39H,10-12,17,19-21H2,1-6H3/t22-,23-,24-,31-/m0/s1. The van der Waals surface area contributed by atoms with Gasteiger partial charge in [-0.05, 0) is 77.3 Å². The minimum Gasteiger partial charge on any atom is -0.490 e. The normalized spacial score (nSPS) is 20.4. The van der Waals surface area contributed by atoms with E-state index in [0.717, 1.165) is 12.8 Å². The SMILES string of the molecule is Cc1noc(C)c1S(=O)(=O)Nc1ccc2c(c1)C(=O)N([C@@H](C)CO)C[C@H](C)[C@H](CN(C)C(=O)c1ccccc1)OCCCC[C@H](C)O2. The molecule has 1 aliphatic rings. The maximum atomic E-state index is 14.4. The van der Waals surface area contributed by atoms with E-state index < -0.39 is 28.1 Å². The molecular weight excluding hydrogens is 624 g/mol. The summed E-state index contributed by atoms with van der Waals surface area (Å²) < 4.78 is 46.8. The number of nitrogens with zero attached hydrogens (tertiary/aromatic N) is 3. The Kier molecular flexibility index (Phi) is 12.0. The van der Waals surface area contributed by atoms with Crippen LogP contribution in [-0.2, 0) is 14.8 Å². The van der Waals surface area contributed by atoms with Crippen molar-refractivity contribution < 1.29 is 37.1 Å². The Morgan fingerprint density at radius 3 is 2.53 bits per heavy atom. The molecule has 47 heavy (non-hydrogen) atoms. The quantitative estimate of drug-likeness (QED) is 0.349. The van der Waals surface area contributed by atoms with Gasteiger partial charge in [-0.3, -0.25) is 14.3 Å². The lowest BCUT2D eigenvalue weighted by Crippen LogP contribution is -2.48. The number of ether oxygens (including phenoxy) is 2. The Balaban J connectivity index is 1.67. The Morgan fingerprint density at radius 2 is 1.87 bits per heavy atom. The van der Waals surface area contributed by atoms with Crippen molar-refractivity contribution in [3.8, 4) is 5.75 Å². The number of aryl methyl sites for hydroxylation is 2. The molecule has 0 bridgehead atoms. The number of carbonyl (C=O) groups excluding carboxylic acids is 2. The molecule has 1 aromatic heterocycles. The van der Waals surface area contributed by atoms with Gasteiger partial charge in [0, 0.05) is 43.9 Å². The van der Waals surface area contributed by atoms with Crippen LogP contribution in [0.4, 0.5) is 5.69 Å². The van der Waals surface area contributed by atoms with Crippen LogP contribution in [-0.4, -0.2) is 91.9 Å². The second-order valence-corrected chi connectivity index (χ2v) is 13.9. The number of anilines is 1. The molecule has 0 saturated carbocycles. The van der Waals surface area contributed by atoms with Crippen molar-refractivity contribution in [3.05, 3.63) is 71.1 Å². The molecule has 2 amide bonds. The Morgan fingerprint density at radius 1 is 1.15 bits per heavy atom. The minimum absolute atomic E-state index is 0.0695. The maximum absolute atomic E-state index is 14.4. The molecule has 13 heteroatoms. The van der Waals surface area contributed by atoms with Crippen LogP contribution in [0.15, 0.2) is 57.9 Å². The van der Waals surface area contributed by atoms with Crippen molar-refractivity contribution in [2.75, 3.05) is 38.1 Å². The van der Waals surface area contributed by atoms with E-state index in [-0.39, 0.29) is 58.7 Å². The number of aromatic nitrogens is 1. The number of benzene rings is 2. The van der Waals surface area contributed by atoms with Crippen molar-refractivity contribution in [2.24, 2.45) is 5.92 Å². The highest BCUT2D eigenvalue weighted by molar-refractivity contribution is 7.92. The molecule has 2 aromatic carbocycles. The van der Waals surface area contributed by atoms with Gasteiger partial charge in [0.15, 0.2) is 10.7 Å². The molecule has 0 unspecified atom stereocenters. The van der Waals surface area contributed by atoms with Crippen LogP contribution in [0.1, 0.15) is 72.2 Å². The van der Waals surface area contributed by atoms with Gasteiger partial charge in [0.25, 0.3) is 21.8 Å². The maximum Gasteiger partial charge on any atom is 0.267 e. The second-order valence-electron chi connectivity index (χ2n) is 12.3. The number of aliphatic hydroxyl groups is 1. The molecule has 0 fully saturated rings. The average molecular weight is 671 g/mol. The van der Waals surface area contributed by atoms with Crippen molar-refractivity contribution in [1.82, 2.24) is 15.0 Å². The minimum atomic E-state index is -4.09. The molecule has 4 atom stereocenters. The van der Waals surface area contributed by atoms with E-state index >= 15 is 0 Å². The molecule has 0 radical (unpaired) electrons. The summed E-state index contributed by atoms with van der Waals surface area (Å²) in [6, 6.07) is 13.0. The van der Waals surface area contributed by atoms with Crippen LogP contribution in [0.3, 0.4) is 0 Å². The first-order valence-electron chi connectivity index (χ1n) is 15.9. The lowest BCUT2D eigenvalue weighted by Gasteiger charge is -2.36. The van der Waals surface area contributed by atoms with E-state index in [1.54, 1.807) is 48.0 Å². The Hall–Kier alpha value is -3.94. The number of sulfonamides is 1. The fourth-order valence-corrected chi connectivity index (χ4v) is 7.05. The summed E-state index contributed by atoms with van der Waals surface area (Å²) in [5, 5.41) is 14.0. The summed E-state index contributed by atoms with van der Waals surface area (Å²) in [4.78, 5) is 30.6. The van der Waals surface area contributed by atoms with Gasteiger partial charge in [0.05, 0.1) is 30.4 Å². The zero-order valence-corrected chi connectivity index (χ0v) is 28.7. The van der Waals surface area contributed by atoms with E-state index in [0.29, 0.717) is 30.9 Å². The largest absolute Gasteiger partial charge is 0.490 e. The lowest BCUT2D eigenvalue weighted by molar-refractivity contribution is -0.0149. The first-order chi connectivity index (χ1) is 22.3. The zero-order chi connectivity index (χ0) is 34.3. The van der Waals surface area contributed by atoms with Gasteiger partial charge in [-0.15, -0.1) is 0 Å². The number of likely N-dealkylation sites (N-methyl/N-ethyl adjacent to an activating group) is 1. The molecule has 12 nitrogen and oxygen atoms in total. The van der Waals surface area contributed by atoms with Crippen LogP contribution in [0, 0.1) is 19.8 Å². The van der Waals surface area contributed by atoms with E-state index in [1.165, 1.54) is 19.9 Å². The Labute approximate surface area is 277 Å². The highest BCUT2D eigenvalue weighted by atomic mass is 32.2. The van der Waals surface area contributed by atoms with E-state index in [4.69, 9.17) is 14.0 Å². The van der Waals surface area contributed by atoms with Crippen molar-refractivity contribution in [3.63, 3.8) is 0 Å². The number of rotatable bonds is 8. The summed E-state index contributed by atoms with van der Waals surface area (Å²) in [5.41, 5.74) is 1.09. The summed E-state index contributed by atoms with van der Waals surface area (Å²) in [7, 11) is -2.35. The fraction of sp³-hybridized carbons (Fsp3) is 0.500. The van der Waals surface area contributed by atoms with Crippen LogP contribution < -0.4 is 9.46 Å². The predicted molar refractivity (Wildman–Crippen MR) is 177 cm³/mol. The molecule has 2 heterocycles. The molecular formula is C34H46N4O8S. The number of hydrogen-bond acceptors (Lipinski definition) is 9. The van der Waals surface area contributed by atoms with Crippen LogP contribution in [0.2, 0.25) is 0 Å². The first-order valence-corrected chi connectivity index (χ1v) is 17.4. The van der Waals surface area contributed by atoms with E-state index in [1.807, 2.05) is 32.0 Å². The van der Waals surface area contributed by atoms with E-state index in [2.05, 4.69) is 9.88 Å². The monoisotopic (exact) mass is 670 g/mol. The molecule has 0 spiro atoms.